The maximum atomic E-state index is 11.8. The molecular weight excluding hydrogens is 254 g/mol. The van der Waals surface area contributed by atoms with Crippen molar-refractivity contribution in [2.45, 2.75) is 33.6 Å². The number of carbonyl (C=O) groups is 1. The predicted octanol–water partition coefficient (Wildman–Crippen LogP) is 2.82. The van der Waals surface area contributed by atoms with Crippen molar-refractivity contribution in [3.63, 3.8) is 0 Å². The monoisotopic (exact) mass is 273 g/mol. The van der Waals surface area contributed by atoms with Crippen LogP contribution in [0.15, 0.2) is 24.3 Å². The summed E-state index contributed by atoms with van der Waals surface area (Å²) < 4.78 is 7.14. The number of carbonyl (C=O) groups excluding carboxylic acids is 1. The lowest BCUT2D eigenvalue weighted by atomic mass is 10.1. The number of hydrogen-bond donors (Lipinski definition) is 0. The van der Waals surface area contributed by atoms with Crippen LogP contribution >= 0.6 is 0 Å². The summed E-state index contributed by atoms with van der Waals surface area (Å²) in [5, 5.41) is 8.13. The Labute approximate surface area is 118 Å². The van der Waals surface area contributed by atoms with E-state index in [4.69, 9.17) is 4.74 Å². The molecule has 0 bridgehead atoms. The molecule has 106 valence electrons. The second-order valence-corrected chi connectivity index (χ2v) is 4.35. The summed E-state index contributed by atoms with van der Waals surface area (Å²) in [6.07, 6.45) is 1.15. The van der Waals surface area contributed by atoms with E-state index in [1.165, 1.54) is 0 Å². The van der Waals surface area contributed by atoms with Crippen molar-refractivity contribution < 1.29 is 9.53 Å². The van der Waals surface area contributed by atoms with Gasteiger partial charge in [-0.1, -0.05) is 19.1 Å². The molecule has 1 heterocycles. The van der Waals surface area contributed by atoms with Gasteiger partial charge in [0.05, 0.1) is 18.0 Å². The summed E-state index contributed by atoms with van der Waals surface area (Å²) in [7, 11) is 0. The summed E-state index contributed by atoms with van der Waals surface area (Å²) in [5.41, 5.74) is 2.21. The Morgan fingerprint density at radius 1 is 1.20 bits per heavy atom. The topological polar surface area (TPSA) is 57.0 Å². The molecular formula is C15H19N3O2. The average Bonchev–Trinajstić information content (AvgIpc) is 2.91. The molecule has 0 aliphatic heterocycles. The molecule has 0 radical (unpaired) electrons. The van der Waals surface area contributed by atoms with E-state index in [0.717, 1.165) is 17.1 Å². The second kappa shape index (κ2) is 6.32. The number of aromatic nitrogens is 3. The van der Waals surface area contributed by atoms with Gasteiger partial charge < -0.3 is 4.74 Å². The Hall–Kier alpha value is -2.17. The van der Waals surface area contributed by atoms with Gasteiger partial charge >= 0.3 is 0 Å². The molecule has 0 saturated heterocycles. The zero-order valence-corrected chi connectivity index (χ0v) is 12.1. The van der Waals surface area contributed by atoms with Crippen LogP contribution in [0.25, 0.3) is 5.69 Å². The summed E-state index contributed by atoms with van der Waals surface area (Å²) in [6.45, 7) is 6.41. The van der Waals surface area contributed by atoms with Crippen LogP contribution < -0.4 is 4.74 Å². The van der Waals surface area contributed by atoms with E-state index in [9.17, 15) is 4.79 Å². The van der Waals surface area contributed by atoms with Crippen molar-refractivity contribution in [3.05, 3.63) is 35.7 Å². The molecule has 0 amide bonds. The highest BCUT2D eigenvalue weighted by atomic mass is 16.5. The molecule has 0 aliphatic carbocycles. The van der Waals surface area contributed by atoms with Crippen molar-refractivity contribution >= 4 is 5.78 Å². The maximum absolute atomic E-state index is 11.8. The molecule has 0 atom stereocenters. The fourth-order valence-electron chi connectivity index (χ4n) is 2.06. The van der Waals surface area contributed by atoms with Gasteiger partial charge in [0.15, 0.2) is 11.5 Å². The molecule has 1 aromatic carbocycles. The van der Waals surface area contributed by atoms with Crippen molar-refractivity contribution in [1.29, 1.82) is 0 Å². The molecule has 0 fully saturated rings. The van der Waals surface area contributed by atoms with Crippen LogP contribution in [-0.2, 0) is 6.42 Å². The second-order valence-electron chi connectivity index (χ2n) is 4.35. The lowest BCUT2D eigenvalue weighted by molar-refractivity contribution is 0.0982. The third kappa shape index (κ3) is 2.71. The maximum Gasteiger partial charge on any atom is 0.184 e. The molecule has 5 heteroatoms. The first-order valence-corrected chi connectivity index (χ1v) is 6.92. The normalized spacial score (nSPS) is 10.6. The van der Waals surface area contributed by atoms with Crippen molar-refractivity contribution in [1.82, 2.24) is 15.0 Å². The molecule has 0 saturated carbocycles. The first kappa shape index (κ1) is 14.2. The molecule has 0 unspecified atom stereocenters. The van der Waals surface area contributed by atoms with Crippen LogP contribution in [-0.4, -0.2) is 27.4 Å². The van der Waals surface area contributed by atoms with E-state index in [1.807, 2.05) is 45.0 Å². The molecule has 2 rings (SSSR count). The fraction of sp³-hybridized carbons (Fsp3) is 0.400. The molecule has 2 aromatic rings. The number of nitrogens with zero attached hydrogens (tertiary/aromatic N) is 3. The van der Waals surface area contributed by atoms with E-state index in [2.05, 4.69) is 10.3 Å². The third-order valence-corrected chi connectivity index (χ3v) is 3.08. The Balaban J connectivity index is 2.37. The van der Waals surface area contributed by atoms with E-state index in [1.54, 1.807) is 4.68 Å². The van der Waals surface area contributed by atoms with Gasteiger partial charge in [-0.3, -0.25) is 4.79 Å². The number of ketones is 1. The minimum atomic E-state index is 0.0269. The average molecular weight is 273 g/mol. The van der Waals surface area contributed by atoms with Crippen LogP contribution in [0.5, 0.6) is 5.75 Å². The highest BCUT2D eigenvalue weighted by Crippen LogP contribution is 2.18. The van der Waals surface area contributed by atoms with Crippen LogP contribution in [0.1, 0.15) is 43.4 Å². The van der Waals surface area contributed by atoms with E-state index < -0.39 is 0 Å². The van der Waals surface area contributed by atoms with E-state index >= 15 is 0 Å². The van der Waals surface area contributed by atoms with Gasteiger partial charge in [-0.05, 0) is 37.6 Å². The van der Waals surface area contributed by atoms with Crippen molar-refractivity contribution in [2.75, 3.05) is 6.61 Å². The quantitative estimate of drug-likeness (QED) is 0.759. The lowest BCUT2D eigenvalue weighted by Crippen LogP contribution is -2.06. The SMILES string of the molecule is CCOc1ccc(-n2nnc(C(=O)CC)c2CC)cc1. The molecule has 0 N–H and O–H groups in total. The highest BCUT2D eigenvalue weighted by Gasteiger charge is 2.17. The van der Waals surface area contributed by atoms with E-state index in [0.29, 0.717) is 25.1 Å². The third-order valence-electron chi connectivity index (χ3n) is 3.08. The number of benzene rings is 1. The minimum absolute atomic E-state index is 0.0269. The summed E-state index contributed by atoms with van der Waals surface area (Å²) >= 11 is 0. The molecule has 0 spiro atoms. The number of rotatable bonds is 6. The smallest absolute Gasteiger partial charge is 0.184 e. The molecule has 5 nitrogen and oxygen atoms in total. The zero-order valence-electron chi connectivity index (χ0n) is 12.1. The van der Waals surface area contributed by atoms with Crippen molar-refractivity contribution in [2.24, 2.45) is 0 Å². The Bertz CT molecular complexity index is 588. The molecule has 0 aliphatic rings. The number of hydrogen-bond acceptors (Lipinski definition) is 4. The standard InChI is InChI=1S/C15H19N3O2/c1-4-13-15(14(19)5-2)16-17-18(13)11-7-9-12(10-8-11)20-6-3/h7-10H,4-6H2,1-3H3. The Morgan fingerprint density at radius 3 is 2.45 bits per heavy atom. The number of Topliss-reactive ketones (excluding diaryl/α,β-unsaturated/α-hetero) is 1. The van der Waals surface area contributed by atoms with Gasteiger partial charge in [0, 0.05) is 6.42 Å². The first-order chi connectivity index (χ1) is 9.71. The van der Waals surface area contributed by atoms with Gasteiger partial charge in [0.1, 0.15) is 5.75 Å². The van der Waals surface area contributed by atoms with Crippen LogP contribution in [0.4, 0.5) is 0 Å². The first-order valence-electron chi connectivity index (χ1n) is 6.92. The Kier molecular flexibility index (Phi) is 4.50. The van der Waals surface area contributed by atoms with Gasteiger partial charge in [-0.15, -0.1) is 5.10 Å². The minimum Gasteiger partial charge on any atom is -0.494 e. The zero-order chi connectivity index (χ0) is 14.5. The largest absolute Gasteiger partial charge is 0.494 e. The lowest BCUT2D eigenvalue weighted by Gasteiger charge is -2.07. The van der Waals surface area contributed by atoms with Crippen molar-refractivity contribution in [3.8, 4) is 11.4 Å². The summed E-state index contributed by atoms with van der Waals surface area (Å²) in [5.74, 6) is 0.846. The van der Waals surface area contributed by atoms with Gasteiger partial charge in [-0.2, -0.15) is 0 Å². The van der Waals surface area contributed by atoms with Crippen LogP contribution in [0, 0.1) is 0 Å². The number of ether oxygens (including phenoxy) is 1. The van der Waals surface area contributed by atoms with E-state index in [-0.39, 0.29) is 5.78 Å². The summed E-state index contributed by atoms with van der Waals surface area (Å²) in [6, 6.07) is 7.61. The Morgan fingerprint density at radius 2 is 1.90 bits per heavy atom. The van der Waals surface area contributed by atoms with Gasteiger partial charge in [0.2, 0.25) is 0 Å². The van der Waals surface area contributed by atoms with Crippen LogP contribution in [0.3, 0.4) is 0 Å². The predicted molar refractivity (Wildman–Crippen MR) is 76.5 cm³/mol. The fourth-order valence-corrected chi connectivity index (χ4v) is 2.06. The molecule has 1 aromatic heterocycles. The van der Waals surface area contributed by atoms with Gasteiger partial charge in [-0.25, -0.2) is 4.68 Å². The highest BCUT2D eigenvalue weighted by molar-refractivity contribution is 5.95. The van der Waals surface area contributed by atoms with Gasteiger partial charge in [0.25, 0.3) is 0 Å². The molecule has 20 heavy (non-hydrogen) atoms. The van der Waals surface area contributed by atoms with Crippen LogP contribution in [0.2, 0.25) is 0 Å². The summed E-state index contributed by atoms with van der Waals surface area (Å²) in [4.78, 5) is 11.8.